The molecule has 0 bridgehead atoms. The highest BCUT2D eigenvalue weighted by Gasteiger charge is 2.27. The lowest BCUT2D eigenvalue weighted by atomic mass is 10.1. The molecular weight excluding hydrogens is 1170 g/mol. The van der Waals surface area contributed by atoms with Gasteiger partial charge in [0.05, 0.1) is 40.8 Å². The number of hydrazone groups is 1. The number of ether oxygens (including phenoxy) is 3. The molecule has 6 amide bonds. The largest absolute Gasteiger partial charge is 0.458 e. The van der Waals surface area contributed by atoms with Crippen LogP contribution in [0.5, 0.6) is 0 Å². The van der Waals surface area contributed by atoms with Crippen molar-refractivity contribution in [1.29, 1.82) is 0 Å². The second-order valence-electron chi connectivity index (χ2n) is 19.3. The maximum absolute atomic E-state index is 11.4. The Balaban J connectivity index is 0.000000232. The molecule has 5 aliphatic heterocycles. The number of hydrogen-bond acceptors (Lipinski definition) is 23. The summed E-state index contributed by atoms with van der Waals surface area (Å²) >= 11 is 0. The van der Waals surface area contributed by atoms with E-state index < -0.39 is 32.7 Å². The zero-order valence-electron chi connectivity index (χ0n) is 49.0. The van der Waals surface area contributed by atoms with E-state index in [4.69, 9.17) is 43.5 Å². The molecule has 0 spiro atoms. The van der Waals surface area contributed by atoms with Crippen molar-refractivity contribution in [3.63, 3.8) is 0 Å². The molecule has 5 aliphatic rings. The first-order valence-corrected chi connectivity index (χ1v) is 27.8. The minimum Gasteiger partial charge on any atom is -0.458 e. The minimum absolute atomic E-state index is 0.0247. The van der Waals surface area contributed by atoms with Gasteiger partial charge in [0.25, 0.3) is 17.1 Å². The standard InChI is InChI=1S/C15H12N4O6.C12H9NO5.C7H7NO2.C7H8O3.3C5H10O.C3H5N3O2/c20-8-10-5-12(9-1-3-11(4-2-9)19(23)24)25-13(10)6-16-18-7-14(21)17-15(18)22;14-6-9-5-11(18-12(9)7-15)8-1-3-10(4-2-8)13(16)17;1-6-2-4-7(5-3-6)8(9)10;1-5-2-6(3-8)7(4-9)10-5;3*1-2-4-6-5-3-1;4-6-1-2(7)5-3(6)8/h1-6,20H,7-8H2,(H,17,21,22);1-5,7,14H,6H2;2-5H,1H3;2,4,8H,3H2,1H3;3*1-5H2;1,4H2,(H,5,7,8)/b16-6+;;;;;;;. The maximum Gasteiger partial charge on any atom is 0.344 e. The van der Waals surface area contributed by atoms with Gasteiger partial charge in [-0.05, 0) is 114 Å². The lowest BCUT2D eigenvalue weighted by molar-refractivity contribution is -0.385. The number of nitrogens with two attached hydrogens (primary N) is 1. The second kappa shape index (κ2) is 39.2. The molecule has 7 N–H and O–H groups in total. The van der Waals surface area contributed by atoms with Gasteiger partial charge in [0, 0.05) is 104 Å². The van der Waals surface area contributed by atoms with E-state index >= 15 is 0 Å². The van der Waals surface area contributed by atoms with Gasteiger partial charge in [-0.1, -0.05) is 17.7 Å². The van der Waals surface area contributed by atoms with Crippen LogP contribution in [-0.2, 0) is 43.6 Å². The lowest BCUT2D eigenvalue weighted by Gasteiger charge is -2.08. The molecular formula is C59H71N9O21. The third-order valence-corrected chi connectivity index (χ3v) is 12.5. The number of aldehydes is 2. The predicted molar refractivity (Wildman–Crippen MR) is 318 cm³/mol. The van der Waals surface area contributed by atoms with Gasteiger partial charge >= 0.3 is 12.1 Å². The second-order valence-corrected chi connectivity index (χ2v) is 19.3. The van der Waals surface area contributed by atoms with Crippen molar-refractivity contribution < 1.29 is 86.3 Å². The van der Waals surface area contributed by atoms with Crippen molar-refractivity contribution in [2.24, 2.45) is 10.9 Å². The van der Waals surface area contributed by atoms with Crippen LogP contribution < -0.4 is 16.5 Å². The Morgan fingerprint density at radius 1 is 0.517 bits per heavy atom. The Labute approximate surface area is 509 Å². The van der Waals surface area contributed by atoms with Crippen LogP contribution in [0.25, 0.3) is 22.6 Å². The zero-order valence-corrected chi connectivity index (χ0v) is 49.0. The van der Waals surface area contributed by atoms with Gasteiger partial charge in [-0.25, -0.2) is 20.4 Å². The number of nitrogens with one attached hydrogen (secondary N) is 2. The van der Waals surface area contributed by atoms with E-state index in [-0.39, 0.29) is 73.2 Å². The molecule has 0 saturated carbocycles. The number of imide groups is 2. The highest BCUT2D eigenvalue weighted by Crippen LogP contribution is 2.29. The van der Waals surface area contributed by atoms with Gasteiger partial charge in [0.2, 0.25) is 11.8 Å². The van der Waals surface area contributed by atoms with Crippen LogP contribution in [0, 0.1) is 44.2 Å². The molecule has 30 nitrogen and oxygen atoms in total. The smallest absolute Gasteiger partial charge is 0.344 e. The van der Waals surface area contributed by atoms with Crippen LogP contribution in [0.2, 0.25) is 0 Å². The normalized spacial score (nSPS) is 14.9. The summed E-state index contributed by atoms with van der Waals surface area (Å²) in [6.07, 6.45) is 14.1. The van der Waals surface area contributed by atoms with Gasteiger partial charge in [-0.2, -0.15) is 5.10 Å². The number of aryl methyl sites for hydroxylation is 2. The molecule has 5 fully saturated rings. The number of carbonyl (C=O) groups is 6. The summed E-state index contributed by atoms with van der Waals surface area (Å²) < 4.78 is 31.0. The average Bonchev–Trinajstić information content (AvgIpc) is 4.27. The Morgan fingerprint density at radius 2 is 0.876 bits per heavy atom. The molecule has 89 heavy (non-hydrogen) atoms. The number of furan rings is 3. The molecule has 11 rings (SSSR count). The van der Waals surface area contributed by atoms with Crippen molar-refractivity contribution in [2.75, 3.05) is 52.7 Å². The van der Waals surface area contributed by atoms with Gasteiger partial charge in [-0.3, -0.25) is 65.2 Å². The van der Waals surface area contributed by atoms with Crippen molar-refractivity contribution in [1.82, 2.24) is 20.7 Å². The fraction of sp³-hybridized carbons (Fsp3) is 0.373. The molecule has 0 aliphatic carbocycles. The Morgan fingerprint density at radius 3 is 1.16 bits per heavy atom. The first-order chi connectivity index (χ1) is 42.8. The molecule has 0 radical (unpaired) electrons. The third-order valence-electron chi connectivity index (χ3n) is 12.5. The number of amides is 6. The highest BCUT2D eigenvalue weighted by atomic mass is 16.6. The number of aliphatic hydroxyl groups excluding tert-OH is 3. The van der Waals surface area contributed by atoms with E-state index in [2.05, 4.69) is 10.4 Å². The van der Waals surface area contributed by atoms with Gasteiger partial charge in [-0.15, -0.1) is 0 Å². The zero-order chi connectivity index (χ0) is 65.1. The summed E-state index contributed by atoms with van der Waals surface area (Å²) in [6, 6.07) is 21.4. The van der Waals surface area contributed by atoms with Gasteiger partial charge in [0.1, 0.15) is 30.4 Å². The summed E-state index contributed by atoms with van der Waals surface area (Å²) in [4.78, 5) is 93.8. The number of aliphatic hydroxyl groups is 3. The Bertz CT molecular complexity index is 3190. The van der Waals surface area contributed by atoms with E-state index in [0.29, 0.717) is 57.7 Å². The molecule has 8 heterocycles. The quantitative estimate of drug-likeness (QED) is 0.0128. The molecule has 3 aromatic heterocycles. The fourth-order valence-electron chi connectivity index (χ4n) is 7.76. The monoisotopic (exact) mass is 1240 g/mol. The first kappa shape index (κ1) is 71.8. The van der Waals surface area contributed by atoms with E-state index in [9.17, 15) is 64.2 Å². The van der Waals surface area contributed by atoms with E-state index in [1.807, 2.05) is 12.2 Å². The highest BCUT2D eigenvalue weighted by molar-refractivity contribution is 6.02. The summed E-state index contributed by atoms with van der Waals surface area (Å²) in [5, 5.41) is 68.1. The molecule has 30 heteroatoms. The van der Waals surface area contributed by atoms with Gasteiger partial charge in [0.15, 0.2) is 29.9 Å². The summed E-state index contributed by atoms with van der Waals surface area (Å²) in [6.45, 7) is 8.62. The number of non-ortho nitro benzene ring substituents is 3. The van der Waals surface area contributed by atoms with Crippen LogP contribution in [0.15, 0.2) is 109 Å². The molecule has 5 saturated heterocycles. The average molecular weight is 1240 g/mol. The number of hydrogen-bond donors (Lipinski definition) is 6. The van der Waals surface area contributed by atoms with Crippen LogP contribution >= 0.6 is 0 Å². The summed E-state index contributed by atoms with van der Waals surface area (Å²) in [7, 11) is 0. The number of rotatable bonds is 12. The van der Waals surface area contributed by atoms with Crippen LogP contribution in [0.4, 0.5) is 26.7 Å². The number of nitro groups is 3. The van der Waals surface area contributed by atoms with Crippen LogP contribution in [-0.4, -0.2) is 136 Å². The maximum atomic E-state index is 11.4. The number of nitrogens with zero attached hydrogens (tertiary/aromatic N) is 6. The van der Waals surface area contributed by atoms with Crippen molar-refractivity contribution >= 4 is 59.7 Å². The van der Waals surface area contributed by atoms with Crippen molar-refractivity contribution in [2.45, 2.75) is 91.5 Å². The summed E-state index contributed by atoms with van der Waals surface area (Å²) in [5.74, 6) is 6.06. The Hall–Kier alpha value is -9.69. The fourth-order valence-corrected chi connectivity index (χ4v) is 7.76. The van der Waals surface area contributed by atoms with E-state index in [0.717, 1.165) is 55.2 Å². The number of nitro benzene ring substituents is 3. The van der Waals surface area contributed by atoms with Gasteiger partial charge < -0.3 is 42.8 Å². The number of hydrazine groups is 1. The Kier molecular flexibility index (Phi) is 31.6. The molecule has 6 aromatic rings. The summed E-state index contributed by atoms with van der Waals surface area (Å²) in [5.41, 5.74) is 3.63. The topological polar surface area (TPSA) is 429 Å². The van der Waals surface area contributed by atoms with Crippen molar-refractivity contribution in [3.05, 3.63) is 167 Å². The van der Waals surface area contributed by atoms with E-state index in [1.165, 1.54) is 131 Å². The van der Waals surface area contributed by atoms with Crippen LogP contribution in [0.1, 0.15) is 113 Å². The van der Waals surface area contributed by atoms with Crippen LogP contribution in [0.3, 0.4) is 0 Å². The van der Waals surface area contributed by atoms with Crippen molar-refractivity contribution in [3.8, 4) is 22.6 Å². The minimum atomic E-state index is -0.644. The molecule has 0 atom stereocenters. The number of urea groups is 2. The SMILES string of the molecule is C1CCOCC1.C1CCOCC1.C1CCOCC1.Cc1cc(CO)c(C=O)o1.Cc1ccc([N+](=O)[O-])cc1.NN1CC(=O)NC1=O.O=C1CN(/N=C/c2oc(-c3ccc([N+](=O)[O-])cc3)cc2CO)C(=O)N1.O=Cc1oc(-c2ccc([N+](=O)[O-])cc2)cc1CO. The predicted octanol–water partition coefficient (Wildman–Crippen LogP) is 8.16. The molecule has 3 aromatic carbocycles. The van der Waals surface area contributed by atoms with E-state index in [1.54, 1.807) is 31.2 Å². The molecule has 0 unspecified atom stereocenters. The lowest BCUT2D eigenvalue weighted by Crippen LogP contribution is -2.34. The molecule has 478 valence electrons. The number of carbonyl (C=O) groups excluding carboxylic acids is 6. The number of benzene rings is 3. The first-order valence-electron chi connectivity index (χ1n) is 27.8. The third kappa shape index (κ3) is 25.7.